The van der Waals surface area contributed by atoms with E-state index in [1.807, 2.05) is 57.2 Å². The molecule has 5 aromatic rings. The second-order valence-corrected chi connectivity index (χ2v) is 7.98. The number of nitrogens with zero attached hydrogens (tertiary/aromatic N) is 6. The molecule has 0 aliphatic heterocycles. The molecule has 0 unspecified atom stereocenters. The smallest absolute Gasteiger partial charge is 0.240 e. The minimum atomic E-state index is -0.445. The average molecular weight is 415 g/mol. The third kappa shape index (κ3) is 3.49. The van der Waals surface area contributed by atoms with Crippen LogP contribution in [0, 0.1) is 6.92 Å². The lowest BCUT2D eigenvalue weighted by atomic mass is 9.97. The molecule has 0 saturated heterocycles. The number of aromatic nitrogens is 6. The second-order valence-electron chi connectivity index (χ2n) is 7.98. The fourth-order valence-corrected chi connectivity index (χ4v) is 3.32. The lowest BCUT2D eigenvalue weighted by Gasteiger charge is -2.18. The Morgan fingerprint density at radius 2 is 1.90 bits per heavy atom. The third-order valence-electron chi connectivity index (χ3n) is 5.01. The molecule has 0 aliphatic rings. The predicted octanol–water partition coefficient (Wildman–Crippen LogP) is 3.41. The maximum atomic E-state index is 6.13. The highest BCUT2D eigenvalue weighted by atomic mass is 16.5. The van der Waals surface area contributed by atoms with E-state index >= 15 is 0 Å². The summed E-state index contributed by atoms with van der Waals surface area (Å²) < 4.78 is 12.9. The molecule has 0 atom stereocenters. The van der Waals surface area contributed by atoms with Gasteiger partial charge in [-0.1, -0.05) is 29.4 Å². The minimum Gasteiger partial charge on any atom is -0.470 e. The summed E-state index contributed by atoms with van der Waals surface area (Å²) in [5.41, 5.74) is 8.59. The first-order chi connectivity index (χ1) is 14.9. The lowest BCUT2D eigenvalue weighted by molar-refractivity contribution is 0.289. The van der Waals surface area contributed by atoms with Gasteiger partial charge in [-0.3, -0.25) is 4.98 Å². The van der Waals surface area contributed by atoms with Crippen LogP contribution in [0.5, 0.6) is 5.88 Å². The van der Waals surface area contributed by atoms with E-state index in [1.165, 1.54) is 0 Å². The van der Waals surface area contributed by atoms with Crippen molar-refractivity contribution in [2.75, 3.05) is 0 Å². The molecule has 9 nitrogen and oxygen atoms in total. The lowest BCUT2D eigenvalue weighted by Crippen LogP contribution is -2.28. The Kier molecular flexibility index (Phi) is 4.40. The minimum absolute atomic E-state index is 0.258. The summed E-state index contributed by atoms with van der Waals surface area (Å²) in [6.45, 7) is 5.96. The largest absolute Gasteiger partial charge is 0.470 e. The number of ether oxygens (including phenoxy) is 1. The highest BCUT2D eigenvalue weighted by Crippen LogP contribution is 2.29. The molecule has 4 aromatic heterocycles. The maximum absolute atomic E-state index is 6.13. The van der Waals surface area contributed by atoms with Gasteiger partial charge in [0.2, 0.25) is 11.7 Å². The van der Waals surface area contributed by atoms with E-state index in [-0.39, 0.29) is 6.61 Å². The molecule has 4 heterocycles. The number of pyridine rings is 1. The number of fused-ring (bicyclic) bond motifs is 3. The molecule has 0 saturated carbocycles. The van der Waals surface area contributed by atoms with Crippen LogP contribution in [0.25, 0.3) is 27.9 Å². The molecule has 156 valence electrons. The summed E-state index contributed by atoms with van der Waals surface area (Å²) in [7, 11) is 0. The Morgan fingerprint density at radius 3 is 2.58 bits per heavy atom. The molecular weight excluding hydrogens is 394 g/mol. The number of rotatable bonds is 5. The second kappa shape index (κ2) is 7.13. The van der Waals surface area contributed by atoms with Gasteiger partial charge >= 0.3 is 0 Å². The first-order valence-corrected chi connectivity index (χ1v) is 9.85. The van der Waals surface area contributed by atoms with Crippen LogP contribution in [0.3, 0.4) is 0 Å². The molecule has 5 rings (SSSR count). The Bertz CT molecular complexity index is 1380. The van der Waals surface area contributed by atoms with E-state index in [9.17, 15) is 0 Å². The van der Waals surface area contributed by atoms with E-state index in [0.29, 0.717) is 28.8 Å². The van der Waals surface area contributed by atoms with Crippen molar-refractivity contribution in [2.24, 2.45) is 5.73 Å². The van der Waals surface area contributed by atoms with Crippen LogP contribution in [0.1, 0.15) is 30.9 Å². The molecular formula is C22H21N7O2. The Hall–Kier alpha value is -3.85. The van der Waals surface area contributed by atoms with Gasteiger partial charge in [0.15, 0.2) is 11.3 Å². The van der Waals surface area contributed by atoms with Gasteiger partial charge < -0.3 is 15.0 Å². The van der Waals surface area contributed by atoms with E-state index in [0.717, 1.165) is 22.0 Å². The van der Waals surface area contributed by atoms with E-state index in [1.54, 1.807) is 16.8 Å². The van der Waals surface area contributed by atoms with Crippen molar-refractivity contribution in [3.63, 3.8) is 0 Å². The molecule has 0 radical (unpaired) electrons. The summed E-state index contributed by atoms with van der Waals surface area (Å²) in [5.74, 6) is 1.61. The van der Waals surface area contributed by atoms with Crippen LogP contribution in [0.4, 0.5) is 0 Å². The standard InChI is InChI=1S/C22H21N7O2/c1-13-10-18(28-31-13)20-26-25-19-16-6-4-5-7-17(16)21(27-29(19)20)30-12-15-9-8-14(11-24-15)22(2,3)23/h4-11H,12,23H2,1-3H3. The first-order valence-electron chi connectivity index (χ1n) is 9.85. The SMILES string of the molecule is Cc1cc(-c2nnc3c4ccccc4c(OCc4ccc(C(C)(C)N)cn4)nn23)no1. The Balaban J connectivity index is 1.54. The molecule has 2 N–H and O–H groups in total. The van der Waals surface area contributed by atoms with Gasteiger partial charge in [-0.25, -0.2) is 0 Å². The zero-order valence-corrected chi connectivity index (χ0v) is 17.4. The highest BCUT2D eigenvalue weighted by molar-refractivity contribution is 5.96. The average Bonchev–Trinajstić information content (AvgIpc) is 3.37. The highest BCUT2D eigenvalue weighted by Gasteiger charge is 2.19. The van der Waals surface area contributed by atoms with Crippen LogP contribution in [0.15, 0.2) is 53.2 Å². The van der Waals surface area contributed by atoms with Gasteiger partial charge in [-0.15, -0.1) is 15.3 Å². The monoisotopic (exact) mass is 415 g/mol. The number of benzene rings is 1. The van der Waals surface area contributed by atoms with Crippen LogP contribution in [0.2, 0.25) is 0 Å². The van der Waals surface area contributed by atoms with Gasteiger partial charge in [0.25, 0.3) is 0 Å². The summed E-state index contributed by atoms with van der Waals surface area (Å²) >= 11 is 0. The molecule has 9 heteroatoms. The number of hydrogen-bond donors (Lipinski definition) is 1. The molecule has 0 bridgehead atoms. The fraction of sp³-hybridized carbons (Fsp3) is 0.227. The normalized spacial score (nSPS) is 12.0. The van der Waals surface area contributed by atoms with Crippen molar-refractivity contribution < 1.29 is 9.26 Å². The maximum Gasteiger partial charge on any atom is 0.240 e. The van der Waals surface area contributed by atoms with Crippen molar-refractivity contribution in [1.82, 2.24) is 30.0 Å². The first kappa shape index (κ1) is 19.1. The zero-order valence-electron chi connectivity index (χ0n) is 17.4. The Morgan fingerprint density at radius 1 is 1.10 bits per heavy atom. The van der Waals surface area contributed by atoms with E-state index in [2.05, 4.69) is 25.4 Å². The quantitative estimate of drug-likeness (QED) is 0.464. The molecule has 0 amide bonds. The summed E-state index contributed by atoms with van der Waals surface area (Å²) in [4.78, 5) is 4.47. The number of nitrogens with two attached hydrogens (primary N) is 1. The molecule has 0 aliphatic carbocycles. The molecule has 1 aromatic carbocycles. The van der Waals surface area contributed by atoms with Crippen LogP contribution in [-0.4, -0.2) is 30.0 Å². The van der Waals surface area contributed by atoms with Gasteiger partial charge in [-0.2, -0.15) is 4.52 Å². The Labute approximate surface area is 177 Å². The summed E-state index contributed by atoms with van der Waals surface area (Å²) in [5, 5.41) is 19.0. The third-order valence-corrected chi connectivity index (χ3v) is 5.01. The fourth-order valence-electron chi connectivity index (χ4n) is 3.32. The molecule has 31 heavy (non-hydrogen) atoms. The molecule has 0 fully saturated rings. The number of hydrogen-bond acceptors (Lipinski definition) is 8. The predicted molar refractivity (Wildman–Crippen MR) is 114 cm³/mol. The number of aryl methyl sites for hydroxylation is 1. The van der Waals surface area contributed by atoms with Crippen molar-refractivity contribution in [3.05, 3.63) is 65.7 Å². The van der Waals surface area contributed by atoms with Crippen molar-refractivity contribution in [1.29, 1.82) is 0 Å². The van der Waals surface area contributed by atoms with E-state index < -0.39 is 5.54 Å². The van der Waals surface area contributed by atoms with E-state index in [4.69, 9.17) is 15.0 Å². The van der Waals surface area contributed by atoms with Crippen molar-refractivity contribution in [3.8, 4) is 17.4 Å². The van der Waals surface area contributed by atoms with Gasteiger partial charge in [0.05, 0.1) is 5.69 Å². The van der Waals surface area contributed by atoms with Crippen molar-refractivity contribution >= 4 is 16.4 Å². The zero-order chi connectivity index (χ0) is 21.6. The topological polar surface area (TPSA) is 117 Å². The molecule has 0 spiro atoms. The van der Waals surface area contributed by atoms with Gasteiger partial charge in [0, 0.05) is 28.6 Å². The summed E-state index contributed by atoms with van der Waals surface area (Å²) in [6.07, 6.45) is 1.78. The van der Waals surface area contributed by atoms with Gasteiger partial charge in [-0.05, 0) is 38.5 Å². The van der Waals surface area contributed by atoms with Crippen LogP contribution >= 0.6 is 0 Å². The van der Waals surface area contributed by atoms with Crippen LogP contribution in [-0.2, 0) is 12.1 Å². The van der Waals surface area contributed by atoms with Crippen LogP contribution < -0.4 is 10.5 Å². The van der Waals surface area contributed by atoms with Gasteiger partial charge in [0.1, 0.15) is 12.4 Å². The summed E-state index contributed by atoms with van der Waals surface area (Å²) in [6, 6.07) is 13.4. The van der Waals surface area contributed by atoms with Crippen molar-refractivity contribution in [2.45, 2.75) is 32.9 Å².